The molecule has 2 aliphatic heterocycles. The molecule has 2 aromatic heterocycles. The quantitative estimate of drug-likeness (QED) is 0.206. The number of esters is 2. The normalized spacial score (nSPS) is 18.2. The number of cyclic esters (lactones) is 1. The van der Waals surface area contributed by atoms with E-state index in [9.17, 15) is 14.4 Å². The highest BCUT2D eigenvalue weighted by molar-refractivity contribution is 6.94. The van der Waals surface area contributed by atoms with Crippen molar-refractivity contribution in [2.24, 2.45) is 5.73 Å². The number of nitrogen functional groups attached to an aromatic ring is 1. The maximum absolute atomic E-state index is 14.0. The minimum atomic E-state index is -2.16. The molecule has 5 rings (SSSR count). The second-order valence-electron chi connectivity index (χ2n) is 12.4. The highest BCUT2D eigenvalue weighted by atomic mass is 28.3. The molecule has 0 saturated carbocycles. The van der Waals surface area contributed by atoms with Gasteiger partial charge in [-0.3, -0.25) is 9.59 Å². The van der Waals surface area contributed by atoms with Crippen molar-refractivity contribution in [3.63, 3.8) is 0 Å². The van der Waals surface area contributed by atoms with Gasteiger partial charge in [-0.15, -0.1) is 0 Å². The second kappa shape index (κ2) is 9.55. The van der Waals surface area contributed by atoms with Gasteiger partial charge in [-0.1, -0.05) is 40.8 Å². The first-order valence-corrected chi connectivity index (χ1v) is 16.9. The summed E-state index contributed by atoms with van der Waals surface area (Å²) in [6.45, 7) is 13.7. The summed E-state index contributed by atoms with van der Waals surface area (Å²) in [5.41, 5.74) is 14.4. The zero-order chi connectivity index (χ0) is 29.2. The average Bonchev–Trinajstić information content (AvgIpc) is 3.25. The molecule has 4 heterocycles. The number of carbonyl (C=O) groups excluding carboxylic acids is 2. The lowest BCUT2D eigenvalue weighted by Gasteiger charge is -2.39. The van der Waals surface area contributed by atoms with Crippen molar-refractivity contribution in [3.8, 4) is 11.4 Å². The summed E-state index contributed by atoms with van der Waals surface area (Å²) in [5.74, 6) is -1.23. The fraction of sp³-hybridized carbons (Fsp3) is 0.467. The van der Waals surface area contributed by atoms with Crippen LogP contribution in [0.5, 0.6) is 0 Å². The molecule has 0 radical (unpaired) electrons. The van der Waals surface area contributed by atoms with Crippen molar-refractivity contribution in [1.29, 1.82) is 0 Å². The number of ether oxygens (including phenoxy) is 2. The Morgan fingerprint density at radius 1 is 1.20 bits per heavy atom. The van der Waals surface area contributed by atoms with E-state index in [2.05, 4.69) is 33.9 Å². The first-order chi connectivity index (χ1) is 18.8. The number of benzene rings is 1. The lowest BCUT2D eigenvalue weighted by atomic mass is 9.85. The largest absolute Gasteiger partial charge is 0.457 e. The van der Waals surface area contributed by atoms with Gasteiger partial charge in [0.15, 0.2) is 0 Å². The maximum Gasteiger partial charge on any atom is 0.355 e. The van der Waals surface area contributed by atoms with Gasteiger partial charge < -0.3 is 25.5 Å². The van der Waals surface area contributed by atoms with Gasteiger partial charge in [-0.25, -0.2) is 9.78 Å². The molecule has 212 valence electrons. The van der Waals surface area contributed by atoms with E-state index in [-0.39, 0.29) is 30.0 Å². The Hall–Kier alpha value is -3.50. The number of hydrogen-bond acceptors (Lipinski definition) is 8. The van der Waals surface area contributed by atoms with Crippen LogP contribution in [0, 0.1) is 0 Å². The molecule has 0 fully saturated rings. The van der Waals surface area contributed by atoms with Gasteiger partial charge in [0.05, 0.1) is 37.1 Å². The van der Waals surface area contributed by atoms with Crippen LogP contribution < -0.4 is 22.2 Å². The third-order valence-corrected chi connectivity index (χ3v) is 14.6. The van der Waals surface area contributed by atoms with Gasteiger partial charge in [-0.05, 0) is 59.4 Å². The van der Waals surface area contributed by atoms with Crippen LogP contribution in [-0.2, 0) is 37.8 Å². The first kappa shape index (κ1) is 28.0. The Morgan fingerprint density at radius 3 is 2.58 bits per heavy atom. The minimum Gasteiger partial charge on any atom is -0.457 e. The summed E-state index contributed by atoms with van der Waals surface area (Å²) < 4.78 is 13.0. The van der Waals surface area contributed by atoms with Crippen LogP contribution in [0.15, 0.2) is 29.1 Å². The minimum absolute atomic E-state index is 0.00792. The average molecular weight is 563 g/mol. The molecule has 0 unspecified atom stereocenters. The predicted molar refractivity (Wildman–Crippen MR) is 158 cm³/mol. The van der Waals surface area contributed by atoms with Crippen molar-refractivity contribution >= 4 is 41.8 Å². The van der Waals surface area contributed by atoms with E-state index in [0.29, 0.717) is 42.0 Å². The Kier molecular flexibility index (Phi) is 6.70. The number of pyridine rings is 2. The summed E-state index contributed by atoms with van der Waals surface area (Å²) in [5, 5.41) is 2.26. The second-order valence-corrected chi connectivity index (χ2v) is 17.7. The smallest absolute Gasteiger partial charge is 0.355 e. The molecule has 3 aromatic rings. The summed E-state index contributed by atoms with van der Waals surface area (Å²) in [4.78, 5) is 45.0. The van der Waals surface area contributed by atoms with E-state index in [1.54, 1.807) is 11.5 Å². The van der Waals surface area contributed by atoms with E-state index in [1.165, 1.54) is 5.19 Å². The molecule has 2 aliphatic rings. The Balaban J connectivity index is 1.79. The molecule has 10 heteroatoms. The molecule has 0 spiro atoms. The molecule has 9 nitrogen and oxygen atoms in total. The van der Waals surface area contributed by atoms with Crippen molar-refractivity contribution < 1.29 is 19.1 Å². The molecule has 0 bridgehead atoms. The third kappa shape index (κ3) is 4.07. The fourth-order valence-electron chi connectivity index (χ4n) is 5.83. The van der Waals surface area contributed by atoms with Crippen molar-refractivity contribution in [1.82, 2.24) is 9.55 Å². The molecular formula is C30H38N4O5Si. The monoisotopic (exact) mass is 562 g/mol. The highest BCUT2D eigenvalue weighted by Gasteiger charge is 2.51. The fourth-order valence-corrected chi connectivity index (χ4v) is 8.41. The topological polar surface area (TPSA) is 140 Å². The number of rotatable bonds is 6. The lowest BCUT2D eigenvalue weighted by Crippen LogP contribution is -2.51. The summed E-state index contributed by atoms with van der Waals surface area (Å²) in [6.07, 6.45) is 0.626. The van der Waals surface area contributed by atoms with Crippen LogP contribution in [0.2, 0.25) is 18.1 Å². The van der Waals surface area contributed by atoms with Gasteiger partial charge >= 0.3 is 11.9 Å². The Labute approximate surface area is 234 Å². The molecule has 0 amide bonds. The van der Waals surface area contributed by atoms with Crippen LogP contribution in [0.25, 0.3) is 22.3 Å². The van der Waals surface area contributed by atoms with Crippen LogP contribution in [0.3, 0.4) is 0 Å². The predicted octanol–water partition coefficient (Wildman–Crippen LogP) is 3.67. The van der Waals surface area contributed by atoms with E-state index >= 15 is 0 Å². The zero-order valence-corrected chi connectivity index (χ0v) is 25.1. The molecule has 40 heavy (non-hydrogen) atoms. The van der Waals surface area contributed by atoms with Crippen molar-refractivity contribution in [2.75, 3.05) is 12.3 Å². The number of carbonyl (C=O) groups is 2. The van der Waals surface area contributed by atoms with Crippen LogP contribution >= 0.6 is 0 Å². The van der Waals surface area contributed by atoms with E-state index in [1.807, 2.05) is 24.3 Å². The maximum atomic E-state index is 14.0. The Morgan fingerprint density at radius 2 is 1.93 bits per heavy atom. The molecule has 1 atom stereocenters. The van der Waals surface area contributed by atoms with Crippen molar-refractivity contribution in [3.05, 3.63) is 51.3 Å². The zero-order valence-electron chi connectivity index (χ0n) is 24.1. The lowest BCUT2D eigenvalue weighted by molar-refractivity contribution is -0.189. The third-order valence-electron chi connectivity index (χ3n) is 9.05. The van der Waals surface area contributed by atoms with Gasteiger partial charge in [0.25, 0.3) is 5.56 Å². The van der Waals surface area contributed by atoms with Gasteiger partial charge in [0.1, 0.15) is 6.61 Å². The summed E-state index contributed by atoms with van der Waals surface area (Å²) in [7, 11) is -2.16. The van der Waals surface area contributed by atoms with Gasteiger partial charge in [0, 0.05) is 23.1 Å². The Bertz CT molecular complexity index is 1620. The van der Waals surface area contributed by atoms with E-state index < -0.39 is 25.6 Å². The first-order valence-electron chi connectivity index (χ1n) is 13.9. The summed E-state index contributed by atoms with van der Waals surface area (Å²) in [6, 6.07) is 7.57. The molecule has 1 aromatic carbocycles. The number of fused-ring (bicyclic) bond motifs is 5. The molecule has 0 saturated heterocycles. The van der Waals surface area contributed by atoms with Crippen LogP contribution in [-0.4, -0.2) is 36.1 Å². The van der Waals surface area contributed by atoms with Gasteiger partial charge in [-0.2, -0.15) is 0 Å². The molecule has 4 N–H and O–H groups in total. The number of nitrogens with two attached hydrogens (primary N) is 2. The van der Waals surface area contributed by atoms with Gasteiger partial charge in [0.2, 0.25) is 5.60 Å². The highest BCUT2D eigenvalue weighted by Crippen LogP contribution is 2.43. The van der Waals surface area contributed by atoms with Crippen LogP contribution in [0.1, 0.15) is 63.6 Å². The molecular weight excluding hydrogens is 524 g/mol. The standard InChI is InChI=1S/C30H38N4O5Si/c1-7-30(39-24(35)9-8-12-31)21-14-23-25-19(15-34(23)27(36)20(21)16-38-28(30)37)26(40(5,6)29(2,3)4)18-13-17(32)10-11-22(18)33-25/h10-11,13-14H,7-9,12,15-16,31-32H2,1-6H3/t30-/m0/s1. The number of anilines is 1. The SMILES string of the molecule is CC[C@@]1(OC(=O)CCCN)C(=O)OCc2c1cc1n(c2=O)Cc2c-1nc1ccc(N)cc1c2[Si](C)(C)C(C)(C)C. The summed E-state index contributed by atoms with van der Waals surface area (Å²) >= 11 is 0. The van der Waals surface area contributed by atoms with E-state index in [0.717, 1.165) is 22.2 Å². The number of hydrogen-bond donors (Lipinski definition) is 2. The number of nitrogens with zero attached hydrogens (tertiary/aromatic N) is 2. The van der Waals surface area contributed by atoms with Crippen molar-refractivity contribution in [2.45, 2.75) is 83.8 Å². The van der Waals surface area contributed by atoms with E-state index in [4.69, 9.17) is 25.9 Å². The number of aromatic nitrogens is 2. The van der Waals surface area contributed by atoms with Crippen LogP contribution in [0.4, 0.5) is 5.69 Å². The molecule has 0 aliphatic carbocycles.